The second kappa shape index (κ2) is 4.29. The highest BCUT2D eigenvalue weighted by Crippen LogP contribution is 2.26. The van der Waals surface area contributed by atoms with Gasteiger partial charge in [0.1, 0.15) is 11.3 Å². The van der Waals surface area contributed by atoms with E-state index in [0.29, 0.717) is 11.0 Å². The van der Waals surface area contributed by atoms with Gasteiger partial charge in [-0.3, -0.25) is 4.79 Å². The van der Waals surface area contributed by atoms with Crippen LogP contribution in [0.1, 0.15) is 20.8 Å². The van der Waals surface area contributed by atoms with Crippen LogP contribution in [0.4, 0.5) is 0 Å². The monoisotopic (exact) mass is 246 g/mol. The van der Waals surface area contributed by atoms with E-state index in [1.807, 2.05) is 0 Å². The lowest BCUT2D eigenvalue weighted by atomic mass is 9.97. The molecule has 1 heterocycles. The van der Waals surface area contributed by atoms with Crippen LogP contribution in [0.5, 0.6) is 5.75 Å². The molecule has 18 heavy (non-hydrogen) atoms. The van der Waals surface area contributed by atoms with Crippen molar-refractivity contribution in [3.05, 3.63) is 40.8 Å². The number of hydrogen-bond donors (Lipinski definition) is 0. The first-order chi connectivity index (χ1) is 8.38. The van der Waals surface area contributed by atoms with Gasteiger partial charge >= 0.3 is 11.6 Å². The Bertz CT molecular complexity index is 647. The highest BCUT2D eigenvalue weighted by molar-refractivity contribution is 5.87. The average Bonchev–Trinajstić information content (AvgIpc) is 2.27. The molecule has 0 spiro atoms. The number of benzene rings is 1. The third-order valence-electron chi connectivity index (χ3n) is 2.43. The first-order valence-electron chi connectivity index (χ1n) is 5.63. The Morgan fingerprint density at radius 1 is 1.22 bits per heavy atom. The smallest absolute Gasteiger partial charge is 0.339 e. The first kappa shape index (κ1) is 12.4. The largest absolute Gasteiger partial charge is 0.425 e. The van der Waals surface area contributed by atoms with E-state index in [2.05, 4.69) is 0 Å². The van der Waals surface area contributed by atoms with Gasteiger partial charge in [0.15, 0.2) is 0 Å². The number of esters is 1. The summed E-state index contributed by atoms with van der Waals surface area (Å²) in [6.45, 7) is 5.26. The minimum atomic E-state index is -0.628. The maximum Gasteiger partial charge on any atom is 0.339 e. The number of hydrogen-bond acceptors (Lipinski definition) is 4. The van der Waals surface area contributed by atoms with Gasteiger partial charge in [0.25, 0.3) is 0 Å². The standard InChI is InChI=1S/C14H14O4/c1-14(2,3)13(16)18-11-8-12(15)17-10-7-5-4-6-9(10)11/h4-8H,1-3H3. The summed E-state index contributed by atoms with van der Waals surface area (Å²) in [4.78, 5) is 23.2. The van der Waals surface area contributed by atoms with E-state index in [4.69, 9.17) is 9.15 Å². The summed E-state index contributed by atoms with van der Waals surface area (Å²) in [5.41, 5.74) is -0.760. The van der Waals surface area contributed by atoms with E-state index < -0.39 is 17.0 Å². The van der Waals surface area contributed by atoms with Crippen LogP contribution in [0, 0.1) is 5.41 Å². The van der Waals surface area contributed by atoms with Crippen molar-refractivity contribution in [2.75, 3.05) is 0 Å². The zero-order valence-electron chi connectivity index (χ0n) is 10.5. The third kappa shape index (κ3) is 2.42. The summed E-state index contributed by atoms with van der Waals surface area (Å²) in [5, 5.41) is 0.606. The van der Waals surface area contributed by atoms with Gasteiger partial charge in [-0.1, -0.05) is 12.1 Å². The molecule has 0 aliphatic carbocycles. The normalized spacial score (nSPS) is 11.5. The SMILES string of the molecule is CC(C)(C)C(=O)Oc1cc(=O)oc2ccccc12. The molecule has 0 atom stereocenters. The van der Waals surface area contributed by atoms with Gasteiger partial charge in [-0.05, 0) is 32.9 Å². The number of rotatable bonds is 1. The molecule has 0 aliphatic rings. The lowest BCUT2D eigenvalue weighted by Gasteiger charge is -2.16. The zero-order valence-corrected chi connectivity index (χ0v) is 10.5. The highest BCUT2D eigenvalue weighted by Gasteiger charge is 2.24. The number of para-hydroxylation sites is 1. The fourth-order valence-electron chi connectivity index (χ4n) is 1.42. The molecule has 4 nitrogen and oxygen atoms in total. The van der Waals surface area contributed by atoms with Gasteiger partial charge in [0, 0.05) is 0 Å². The van der Waals surface area contributed by atoms with E-state index in [-0.39, 0.29) is 5.75 Å². The Hall–Kier alpha value is -2.10. The Balaban J connectivity index is 2.51. The molecule has 0 radical (unpaired) electrons. The number of carbonyl (C=O) groups is 1. The molecule has 1 aromatic heterocycles. The van der Waals surface area contributed by atoms with Crippen molar-refractivity contribution in [3.8, 4) is 5.75 Å². The van der Waals surface area contributed by atoms with Crippen LogP contribution in [0.15, 0.2) is 39.5 Å². The van der Waals surface area contributed by atoms with Crippen LogP contribution in [0.2, 0.25) is 0 Å². The molecule has 0 bridgehead atoms. The summed E-state index contributed by atoms with van der Waals surface area (Å²) in [7, 11) is 0. The summed E-state index contributed by atoms with van der Waals surface area (Å²) in [5.74, 6) is -0.153. The van der Waals surface area contributed by atoms with Crippen molar-refractivity contribution >= 4 is 16.9 Å². The second-order valence-corrected chi connectivity index (χ2v) is 5.07. The van der Waals surface area contributed by atoms with Gasteiger partial charge in [-0.25, -0.2) is 4.79 Å². The molecule has 0 fully saturated rings. The topological polar surface area (TPSA) is 56.5 Å². The fourth-order valence-corrected chi connectivity index (χ4v) is 1.42. The molecule has 2 rings (SSSR count). The minimum Gasteiger partial charge on any atom is -0.425 e. The van der Waals surface area contributed by atoms with Gasteiger partial charge in [-0.2, -0.15) is 0 Å². The van der Waals surface area contributed by atoms with Gasteiger partial charge in [0.05, 0.1) is 16.9 Å². The van der Waals surface area contributed by atoms with Crippen molar-refractivity contribution in [2.24, 2.45) is 5.41 Å². The van der Waals surface area contributed by atoms with E-state index in [9.17, 15) is 9.59 Å². The van der Waals surface area contributed by atoms with Gasteiger partial charge in [-0.15, -0.1) is 0 Å². The Morgan fingerprint density at radius 2 is 1.89 bits per heavy atom. The van der Waals surface area contributed by atoms with Crippen LogP contribution in [0.25, 0.3) is 11.0 Å². The molecule has 2 aromatic rings. The van der Waals surface area contributed by atoms with Crippen LogP contribution in [-0.2, 0) is 4.79 Å². The molecule has 0 unspecified atom stereocenters. The maximum absolute atomic E-state index is 11.8. The number of fused-ring (bicyclic) bond motifs is 1. The quantitative estimate of drug-likeness (QED) is 0.573. The minimum absolute atomic E-state index is 0.238. The van der Waals surface area contributed by atoms with Crippen molar-refractivity contribution in [2.45, 2.75) is 20.8 Å². The fraction of sp³-hybridized carbons (Fsp3) is 0.286. The molecule has 0 amide bonds. The third-order valence-corrected chi connectivity index (χ3v) is 2.43. The Morgan fingerprint density at radius 3 is 2.56 bits per heavy atom. The lowest BCUT2D eigenvalue weighted by molar-refractivity contribution is -0.142. The molecule has 0 saturated carbocycles. The predicted octanol–water partition coefficient (Wildman–Crippen LogP) is 2.74. The van der Waals surface area contributed by atoms with Crippen molar-refractivity contribution in [1.29, 1.82) is 0 Å². The van der Waals surface area contributed by atoms with E-state index in [1.165, 1.54) is 6.07 Å². The van der Waals surface area contributed by atoms with Crippen molar-refractivity contribution < 1.29 is 13.9 Å². The van der Waals surface area contributed by atoms with Crippen LogP contribution in [-0.4, -0.2) is 5.97 Å². The van der Waals surface area contributed by atoms with Crippen LogP contribution < -0.4 is 10.4 Å². The average molecular weight is 246 g/mol. The molecular weight excluding hydrogens is 232 g/mol. The number of ether oxygens (including phenoxy) is 1. The second-order valence-electron chi connectivity index (χ2n) is 5.07. The summed E-state index contributed by atoms with van der Waals surface area (Å²) in [6, 6.07) is 8.12. The maximum atomic E-state index is 11.8. The molecule has 1 aromatic carbocycles. The Kier molecular flexibility index (Phi) is 2.95. The predicted molar refractivity (Wildman–Crippen MR) is 67.6 cm³/mol. The van der Waals surface area contributed by atoms with Gasteiger partial charge in [0.2, 0.25) is 0 Å². The first-order valence-corrected chi connectivity index (χ1v) is 5.63. The van der Waals surface area contributed by atoms with Crippen molar-refractivity contribution in [1.82, 2.24) is 0 Å². The molecule has 0 aliphatic heterocycles. The van der Waals surface area contributed by atoms with E-state index in [1.54, 1.807) is 45.0 Å². The lowest BCUT2D eigenvalue weighted by Crippen LogP contribution is -2.26. The summed E-state index contributed by atoms with van der Waals surface area (Å²) < 4.78 is 10.3. The van der Waals surface area contributed by atoms with E-state index >= 15 is 0 Å². The van der Waals surface area contributed by atoms with Crippen molar-refractivity contribution in [3.63, 3.8) is 0 Å². The molecular formula is C14H14O4. The Labute approximate surface area is 104 Å². The van der Waals surface area contributed by atoms with E-state index in [0.717, 1.165) is 0 Å². The summed E-state index contributed by atoms with van der Waals surface area (Å²) >= 11 is 0. The molecule has 0 saturated heterocycles. The summed E-state index contributed by atoms with van der Waals surface area (Å²) in [6.07, 6.45) is 0. The molecule has 4 heteroatoms. The van der Waals surface area contributed by atoms with Crippen LogP contribution >= 0.6 is 0 Å². The molecule has 0 N–H and O–H groups in total. The van der Waals surface area contributed by atoms with Crippen LogP contribution in [0.3, 0.4) is 0 Å². The zero-order chi connectivity index (χ0) is 13.3. The highest BCUT2D eigenvalue weighted by atomic mass is 16.5. The molecule has 94 valence electrons. The van der Waals surface area contributed by atoms with Gasteiger partial charge < -0.3 is 9.15 Å². The number of carbonyl (C=O) groups excluding carboxylic acids is 1.